The van der Waals surface area contributed by atoms with Crippen molar-refractivity contribution in [2.75, 3.05) is 19.5 Å². The molecule has 0 spiro atoms. The number of nitrogens with one attached hydrogen (secondary N) is 2. The maximum absolute atomic E-state index is 12.4. The molecule has 0 saturated heterocycles. The third-order valence-corrected chi connectivity index (χ3v) is 4.30. The van der Waals surface area contributed by atoms with E-state index in [0.29, 0.717) is 28.8 Å². The van der Waals surface area contributed by atoms with E-state index in [4.69, 9.17) is 21.1 Å². The minimum absolute atomic E-state index is 0.264. The van der Waals surface area contributed by atoms with E-state index in [1.54, 1.807) is 50.7 Å². The lowest BCUT2D eigenvalue weighted by Crippen LogP contribution is -2.23. The van der Waals surface area contributed by atoms with Gasteiger partial charge in [0.15, 0.2) is 0 Å². The number of amides is 1. The van der Waals surface area contributed by atoms with Crippen LogP contribution in [0.3, 0.4) is 0 Å². The number of carbonyl (C=O) groups excluding carboxylic acids is 1. The Balaban J connectivity index is 1.69. The highest BCUT2D eigenvalue weighted by molar-refractivity contribution is 6.30. The van der Waals surface area contributed by atoms with Crippen LogP contribution >= 0.6 is 11.6 Å². The van der Waals surface area contributed by atoms with Gasteiger partial charge in [-0.25, -0.2) is 0 Å². The molecule has 0 unspecified atom stereocenters. The second-order valence-corrected chi connectivity index (χ2v) is 6.37. The number of rotatable bonds is 7. The van der Waals surface area contributed by atoms with E-state index >= 15 is 0 Å². The SMILES string of the molecule is COc1ccc(Nc2ccnc(C(=O)NCc3ccc(Cl)cc3)c2)c(OC)c1. The standard InChI is InChI=1S/C21H20ClN3O3/c1-27-17-7-8-18(20(12-17)28-2)25-16-9-10-23-19(11-16)21(26)24-13-14-3-5-15(22)6-4-14/h3-12H,13H2,1-2H3,(H,23,25)(H,24,26). The second-order valence-electron chi connectivity index (χ2n) is 5.93. The predicted molar refractivity (Wildman–Crippen MR) is 110 cm³/mol. The van der Waals surface area contributed by atoms with Gasteiger partial charge in [0, 0.05) is 29.5 Å². The van der Waals surface area contributed by atoms with Gasteiger partial charge in [0.25, 0.3) is 5.91 Å². The third-order valence-electron chi connectivity index (χ3n) is 4.05. The molecule has 0 radical (unpaired) electrons. The van der Waals surface area contributed by atoms with Gasteiger partial charge in [0.2, 0.25) is 0 Å². The first-order valence-corrected chi connectivity index (χ1v) is 8.94. The van der Waals surface area contributed by atoms with Crippen molar-refractivity contribution in [3.63, 3.8) is 0 Å². The average Bonchev–Trinajstić information content (AvgIpc) is 2.73. The van der Waals surface area contributed by atoms with E-state index < -0.39 is 0 Å². The summed E-state index contributed by atoms with van der Waals surface area (Å²) in [6, 6.07) is 16.2. The number of anilines is 2. The molecule has 0 fully saturated rings. The number of nitrogens with zero attached hydrogens (tertiary/aromatic N) is 1. The lowest BCUT2D eigenvalue weighted by molar-refractivity contribution is 0.0946. The highest BCUT2D eigenvalue weighted by atomic mass is 35.5. The summed E-state index contributed by atoms with van der Waals surface area (Å²) in [6.07, 6.45) is 1.58. The molecule has 1 amide bonds. The Hall–Kier alpha value is -3.25. The molecule has 0 aliphatic carbocycles. The zero-order valence-corrected chi connectivity index (χ0v) is 16.3. The smallest absolute Gasteiger partial charge is 0.270 e. The van der Waals surface area contributed by atoms with Crippen LogP contribution in [0.4, 0.5) is 11.4 Å². The van der Waals surface area contributed by atoms with Gasteiger partial charge in [0.05, 0.1) is 19.9 Å². The topological polar surface area (TPSA) is 72.5 Å². The number of ether oxygens (including phenoxy) is 2. The first-order chi connectivity index (χ1) is 13.6. The van der Waals surface area contributed by atoms with Crippen molar-refractivity contribution in [1.82, 2.24) is 10.3 Å². The Kier molecular flexibility index (Phi) is 6.34. The first-order valence-electron chi connectivity index (χ1n) is 8.57. The summed E-state index contributed by atoms with van der Waals surface area (Å²) in [5.74, 6) is 1.06. The monoisotopic (exact) mass is 397 g/mol. The fourth-order valence-electron chi connectivity index (χ4n) is 2.56. The molecule has 1 heterocycles. The molecule has 144 valence electrons. The molecule has 3 aromatic rings. The Morgan fingerprint density at radius 2 is 1.82 bits per heavy atom. The minimum atomic E-state index is -0.264. The maximum Gasteiger partial charge on any atom is 0.270 e. The summed E-state index contributed by atoms with van der Waals surface area (Å²) >= 11 is 5.87. The highest BCUT2D eigenvalue weighted by Gasteiger charge is 2.10. The number of aromatic nitrogens is 1. The fourth-order valence-corrected chi connectivity index (χ4v) is 2.69. The lowest BCUT2D eigenvalue weighted by Gasteiger charge is -2.13. The second kappa shape index (κ2) is 9.10. The van der Waals surface area contributed by atoms with Gasteiger partial charge in [-0.3, -0.25) is 9.78 Å². The van der Waals surface area contributed by atoms with Gasteiger partial charge in [-0.05, 0) is 42.0 Å². The molecule has 28 heavy (non-hydrogen) atoms. The van der Waals surface area contributed by atoms with Crippen molar-refractivity contribution in [3.05, 3.63) is 77.1 Å². The zero-order valence-electron chi connectivity index (χ0n) is 15.5. The Morgan fingerprint density at radius 1 is 1.04 bits per heavy atom. The third kappa shape index (κ3) is 4.92. The van der Waals surface area contributed by atoms with Crippen molar-refractivity contribution >= 4 is 28.9 Å². The Morgan fingerprint density at radius 3 is 2.54 bits per heavy atom. The Bertz CT molecular complexity index is 961. The van der Waals surface area contributed by atoms with Gasteiger partial charge in [-0.15, -0.1) is 0 Å². The van der Waals surface area contributed by atoms with Crippen molar-refractivity contribution in [3.8, 4) is 11.5 Å². The lowest BCUT2D eigenvalue weighted by atomic mass is 10.2. The summed E-state index contributed by atoms with van der Waals surface area (Å²) in [4.78, 5) is 16.6. The van der Waals surface area contributed by atoms with Crippen molar-refractivity contribution in [2.24, 2.45) is 0 Å². The summed E-state index contributed by atoms with van der Waals surface area (Å²) in [5.41, 5.74) is 2.73. The average molecular weight is 398 g/mol. The normalized spacial score (nSPS) is 10.2. The molecule has 0 atom stereocenters. The molecule has 0 aliphatic rings. The predicted octanol–water partition coefficient (Wildman–Crippen LogP) is 4.43. The zero-order chi connectivity index (χ0) is 19.9. The molecule has 2 aromatic carbocycles. The van der Waals surface area contributed by atoms with Crippen LogP contribution in [0, 0.1) is 0 Å². The first kappa shape index (κ1) is 19.5. The van der Waals surface area contributed by atoms with Gasteiger partial charge >= 0.3 is 0 Å². The van der Waals surface area contributed by atoms with Crippen LogP contribution in [0.5, 0.6) is 11.5 Å². The van der Waals surface area contributed by atoms with Gasteiger partial charge < -0.3 is 20.1 Å². The molecule has 0 bridgehead atoms. The van der Waals surface area contributed by atoms with Crippen LogP contribution in [0.25, 0.3) is 0 Å². The van der Waals surface area contributed by atoms with E-state index in [9.17, 15) is 4.79 Å². The van der Waals surface area contributed by atoms with E-state index in [-0.39, 0.29) is 5.91 Å². The van der Waals surface area contributed by atoms with E-state index in [2.05, 4.69) is 15.6 Å². The van der Waals surface area contributed by atoms with Gasteiger partial charge in [-0.2, -0.15) is 0 Å². The molecule has 0 saturated carbocycles. The molecular formula is C21H20ClN3O3. The molecule has 7 heteroatoms. The van der Waals surface area contributed by atoms with Crippen LogP contribution in [0.1, 0.15) is 16.1 Å². The van der Waals surface area contributed by atoms with Crippen LogP contribution in [0.2, 0.25) is 5.02 Å². The van der Waals surface area contributed by atoms with Crippen LogP contribution in [-0.2, 0) is 6.54 Å². The molecule has 0 aliphatic heterocycles. The quantitative estimate of drug-likeness (QED) is 0.617. The van der Waals surface area contributed by atoms with Gasteiger partial charge in [-0.1, -0.05) is 23.7 Å². The van der Waals surface area contributed by atoms with Crippen molar-refractivity contribution < 1.29 is 14.3 Å². The molecule has 6 nitrogen and oxygen atoms in total. The number of carbonyl (C=O) groups is 1. The number of benzene rings is 2. The van der Waals surface area contributed by atoms with Crippen molar-refractivity contribution in [1.29, 1.82) is 0 Å². The van der Waals surface area contributed by atoms with Crippen LogP contribution in [-0.4, -0.2) is 25.1 Å². The Labute approximate surface area is 168 Å². The van der Waals surface area contributed by atoms with Crippen molar-refractivity contribution in [2.45, 2.75) is 6.54 Å². The van der Waals surface area contributed by atoms with Crippen LogP contribution < -0.4 is 20.1 Å². The number of methoxy groups -OCH3 is 2. The van der Waals surface area contributed by atoms with E-state index in [1.807, 2.05) is 24.3 Å². The molecular weight excluding hydrogens is 378 g/mol. The fraction of sp³-hybridized carbons (Fsp3) is 0.143. The summed E-state index contributed by atoms with van der Waals surface area (Å²) in [6.45, 7) is 0.391. The van der Waals surface area contributed by atoms with Crippen LogP contribution in [0.15, 0.2) is 60.8 Å². The number of hydrogen-bond acceptors (Lipinski definition) is 5. The number of hydrogen-bond donors (Lipinski definition) is 2. The van der Waals surface area contributed by atoms with E-state index in [0.717, 1.165) is 16.9 Å². The molecule has 2 N–H and O–H groups in total. The van der Waals surface area contributed by atoms with Gasteiger partial charge in [0.1, 0.15) is 17.2 Å². The summed E-state index contributed by atoms with van der Waals surface area (Å²) in [7, 11) is 3.18. The summed E-state index contributed by atoms with van der Waals surface area (Å²) < 4.78 is 10.6. The number of halogens is 1. The minimum Gasteiger partial charge on any atom is -0.497 e. The number of pyridine rings is 1. The van der Waals surface area contributed by atoms with E-state index in [1.165, 1.54) is 0 Å². The molecule has 3 rings (SSSR count). The maximum atomic E-state index is 12.4. The summed E-state index contributed by atoms with van der Waals surface area (Å²) in [5, 5.41) is 6.74. The largest absolute Gasteiger partial charge is 0.497 e. The molecule has 1 aromatic heterocycles. The highest BCUT2D eigenvalue weighted by Crippen LogP contribution is 2.31.